The van der Waals surface area contributed by atoms with E-state index in [0.29, 0.717) is 17.0 Å². The molecule has 1 aliphatic rings. The number of ether oxygens (including phenoxy) is 1. The molecular formula is C21H19NO5S. The number of imide groups is 1. The van der Waals surface area contributed by atoms with Gasteiger partial charge in [0.05, 0.1) is 10.6 Å². The van der Waals surface area contributed by atoms with Crippen LogP contribution >= 0.6 is 11.8 Å². The molecule has 1 unspecified atom stereocenters. The molecule has 1 saturated heterocycles. The Labute approximate surface area is 166 Å². The number of hydrogen-bond donors (Lipinski definition) is 1. The molecule has 1 aliphatic heterocycles. The van der Waals surface area contributed by atoms with Gasteiger partial charge in [-0.2, -0.15) is 0 Å². The molecule has 0 bridgehead atoms. The van der Waals surface area contributed by atoms with E-state index in [1.807, 2.05) is 26.0 Å². The Bertz CT molecular complexity index is 998. The predicted molar refractivity (Wildman–Crippen MR) is 109 cm³/mol. The molecular weight excluding hydrogens is 378 g/mol. The summed E-state index contributed by atoms with van der Waals surface area (Å²) in [7, 11) is 0. The minimum Gasteiger partial charge on any atom is -0.479 e. The van der Waals surface area contributed by atoms with Crippen LogP contribution in [0.2, 0.25) is 0 Å². The van der Waals surface area contributed by atoms with Gasteiger partial charge in [0.1, 0.15) is 5.75 Å². The molecule has 1 atom stereocenters. The van der Waals surface area contributed by atoms with Gasteiger partial charge in [0, 0.05) is 5.56 Å². The van der Waals surface area contributed by atoms with E-state index in [0.717, 1.165) is 27.8 Å². The van der Waals surface area contributed by atoms with Gasteiger partial charge < -0.3 is 9.84 Å². The Hall–Kier alpha value is -3.06. The number of anilines is 1. The molecule has 2 amide bonds. The highest BCUT2D eigenvalue weighted by atomic mass is 32.2. The minimum atomic E-state index is -1.09. The quantitative estimate of drug-likeness (QED) is 0.753. The second-order valence-corrected chi connectivity index (χ2v) is 7.44. The third-order valence-corrected chi connectivity index (χ3v) is 5.11. The maximum absolute atomic E-state index is 12.9. The van der Waals surface area contributed by atoms with Crippen molar-refractivity contribution in [3.05, 3.63) is 64.1 Å². The van der Waals surface area contributed by atoms with Crippen molar-refractivity contribution in [2.24, 2.45) is 0 Å². The molecule has 2 aromatic rings. The second-order valence-electron chi connectivity index (χ2n) is 6.44. The van der Waals surface area contributed by atoms with Crippen LogP contribution in [0, 0.1) is 13.8 Å². The smallest absolute Gasteiger partial charge is 0.344 e. The fraction of sp³-hybridized carbons (Fsp3) is 0.190. The normalized spacial score (nSPS) is 16.5. The van der Waals surface area contributed by atoms with Crippen LogP contribution in [-0.4, -0.2) is 28.3 Å². The average Bonchev–Trinajstić information content (AvgIpc) is 2.90. The fourth-order valence-corrected chi connectivity index (χ4v) is 3.65. The summed E-state index contributed by atoms with van der Waals surface area (Å²) in [6.07, 6.45) is 0.512. The second kappa shape index (κ2) is 7.90. The fourth-order valence-electron chi connectivity index (χ4n) is 2.82. The molecule has 144 valence electrons. The first-order chi connectivity index (χ1) is 13.3. The largest absolute Gasteiger partial charge is 0.479 e. The monoisotopic (exact) mass is 397 g/mol. The Kier molecular flexibility index (Phi) is 5.56. The van der Waals surface area contributed by atoms with Crippen molar-refractivity contribution in [3.8, 4) is 5.75 Å². The van der Waals surface area contributed by atoms with Crippen molar-refractivity contribution in [2.75, 3.05) is 4.90 Å². The molecule has 2 aromatic carbocycles. The molecule has 1 N–H and O–H groups in total. The lowest BCUT2D eigenvalue weighted by atomic mass is 10.1. The molecule has 28 heavy (non-hydrogen) atoms. The summed E-state index contributed by atoms with van der Waals surface area (Å²) in [6, 6.07) is 12.3. The number of carboxylic acid groups (broad SMARTS) is 1. The Morgan fingerprint density at radius 2 is 1.89 bits per heavy atom. The molecule has 0 aromatic heterocycles. The maximum atomic E-state index is 12.9. The highest BCUT2D eigenvalue weighted by molar-refractivity contribution is 8.19. The molecule has 0 radical (unpaired) electrons. The number of aliphatic carboxylic acids is 1. The van der Waals surface area contributed by atoms with Crippen LogP contribution in [-0.2, 0) is 9.59 Å². The van der Waals surface area contributed by atoms with Crippen LogP contribution in [0.3, 0.4) is 0 Å². The minimum absolute atomic E-state index is 0.254. The van der Waals surface area contributed by atoms with Crippen molar-refractivity contribution in [2.45, 2.75) is 26.9 Å². The number of carbonyl (C=O) groups excluding carboxylic acids is 2. The average molecular weight is 397 g/mol. The first kappa shape index (κ1) is 19.7. The van der Waals surface area contributed by atoms with Gasteiger partial charge in [-0.15, -0.1) is 0 Å². The van der Waals surface area contributed by atoms with E-state index in [9.17, 15) is 14.4 Å². The highest BCUT2D eigenvalue weighted by Crippen LogP contribution is 2.38. The lowest BCUT2D eigenvalue weighted by Gasteiger charge is -2.16. The summed E-state index contributed by atoms with van der Waals surface area (Å²) >= 11 is 0.845. The van der Waals surface area contributed by atoms with Crippen LogP contribution in [0.5, 0.6) is 5.75 Å². The van der Waals surface area contributed by atoms with E-state index < -0.39 is 18.0 Å². The van der Waals surface area contributed by atoms with Gasteiger partial charge in [-0.05, 0) is 56.3 Å². The van der Waals surface area contributed by atoms with Crippen molar-refractivity contribution < 1.29 is 24.2 Å². The van der Waals surface area contributed by atoms with E-state index in [4.69, 9.17) is 9.84 Å². The zero-order valence-electron chi connectivity index (χ0n) is 15.6. The summed E-state index contributed by atoms with van der Waals surface area (Å²) in [5, 5.41) is 8.68. The van der Waals surface area contributed by atoms with E-state index in [1.165, 1.54) is 6.92 Å². The van der Waals surface area contributed by atoms with Gasteiger partial charge in [0.2, 0.25) is 0 Å². The van der Waals surface area contributed by atoms with Gasteiger partial charge in [-0.1, -0.05) is 35.9 Å². The maximum Gasteiger partial charge on any atom is 0.344 e. The van der Waals surface area contributed by atoms with Gasteiger partial charge in [-0.3, -0.25) is 9.59 Å². The summed E-state index contributed by atoms with van der Waals surface area (Å²) < 4.78 is 5.46. The SMILES string of the molecule is Cc1ccc(N2C(=O)S/C(=C/c3ccccc3OC(C)C(=O)O)C2=O)c(C)c1. The molecule has 0 saturated carbocycles. The van der Waals surface area contributed by atoms with Crippen molar-refractivity contribution in [3.63, 3.8) is 0 Å². The van der Waals surface area contributed by atoms with Gasteiger partial charge >= 0.3 is 5.97 Å². The Morgan fingerprint density at radius 1 is 1.18 bits per heavy atom. The number of benzene rings is 2. The van der Waals surface area contributed by atoms with E-state index in [-0.39, 0.29) is 10.1 Å². The number of amides is 2. The van der Waals surface area contributed by atoms with Crippen LogP contribution in [0.15, 0.2) is 47.4 Å². The molecule has 7 heteroatoms. The zero-order valence-corrected chi connectivity index (χ0v) is 16.4. The van der Waals surface area contributed by atoms with Crippen LogP contribution < -0.4 is 9.64 Å². The highest BCUT2D eigenvalue weighted by Gasteiger charge is 2.37. The summed E-state index contributed by atoms with van der Waals surface area (Å²) in [6.45, 7) is 5.22. The number of hydrogen-bond acceptors (Lipinski definition) is 5. The number of nitrogens with zero attached hydrogens (tertiary/aromatic N) is 1. The lowest BCUT2D eigenvalue weighted by molar-refractivity contribution is -0.144. The number of thioether (sulfide) groups is 1. The van der Waals surface area contributed by atoms with Gasteiger partial charge in [-0.25, -0.2) is 9.69 Å². The predicted octanol–water partition coefficient (Wildman–Crippen LogP) is 4.40. The molecule has 0 aliphatic carbocycles. The van der Waals surface area contributed by atoms with Gasteiger partial charge in [0.15, 0.2) is 6.10 Å². The summed E-state index contributed by atoms with van der Waals surface area (Å²) in [5.41, 5.74) is 2.97. The number of carboxylic acids is 1. The van der Waals surface area contributed by atoms with E-state index >= 15 is 0 Å². The number of aryl methyl sites for hydroxylation is 2. The third kappa shape index (κ3) is 3.94. The topological polar surface area (TPSA) is 83.9 Å². The zero-order chi connectivity index (χ0) is 20.4. The number of para-hydroxylation sites is 1. The number of rotatable bonds is 5. The first-order valence-corrected chi connectivity index (χ1v) is 9.43. The summed E-state index contributed by atoms with van der Waals surface area (Å²) in [4.78, 5) is 37.8. The molecule has 3 rings (SSSR count). The van der Waals surface area contributed by atoms with Gasteiger partial charge in [0.25, 0.3) is 11.1 Å². The standard InChI is InChI=1S/C21H19NO5S/c1-12-8-9-16(13(2)10-12)22-19(23)18(28-21(22)26)11-15-6-4-5-7-17(15)27-14(3)20(24)25/h4-11,14H,1-3H3,(H,24,25)/b18-11+. The van der Waals surface area contributed by atoms with Crippen LogP contribution in [0.4, 0.5) is 10.5 Å². The number of carbonyl (C=O) groups is 3. The van der Waals surface area contributed by atoms with Crippen molar-refractivity contribution in [1.29, 1.82) is 0 Å². The molecule has 6 nitrogen and oxygen atoms in total. The van der Waals surface area contributed by atoms with E-state index in [2.05, 4.69) is 0 Å². The molecule has 1 heterocycles. The van der Waals surface area contributed by atoms with Crippen LogP contribution in [0.1, 0.15) is 23.6 Å². The van der Waals surface area contributed by atoms with Crippen molar-refractivity contribution in [1.82, 2.24) is 0 Å². The Morgan fingerprint density at radius 3 is 2.57 bits per heavy atom. The summed E-state index contributed by atoms with van der Waals surface area (Å²) in [5.74, 6) is -1.18. The van der Waals surface area contributed by atoms with Crippen LogP contribution in [0.25, 0.3) is 6.08 Å². The molecule has 0 spiro atoms. The van der Waals surface area contributed by atoms with E-state index in [1.54, 1.807) is 36.4 Å². The third-order valence-electron chi connectivity index (χ3n) is 4.24. The Balaban J connectivity index is 1.94. The first-order valence-electron chi connectivity index (χ1n) is 8.61. The van der Waals surface area contributed by atoms with Crippen molar-refractivity contribution >= 4 is 40.6 Å². The molecule has 1 fully saturated rings. The lowest BCUT2D eigenvalue weighted by Crippen LogP contribution is -2.28.